The highest BCUT2D eigenvalue weighted by Gasteiger charge is 2.18. The Morgan fingerprint density at radius 2 is 1.74 bits per heavy atom. The lowest BCUT2D eigenvalue weighted by Gasteiger charge is -2.15. The van der Waals surface area contributed by atoms with Crippen LogP contribution in [0.1, 0.15) is 23.1 Å². The average Bonchev–Trinajstić information content (AvgIpc) is 2.92. The summed E-state index contributed by atoms with van der Waals surface area (Å²) >= 11 is 5.20. The number of H-pyrrole nitrogens is 1. The van der Waals surface area contributed by atoms with Gasteiger partial charge in [0.05, 0.1) is 0 Å². The quantitative estimate of drug-likeness (QED) is 0.572. The lowest BCUT2D eigenvalue weighted by molar-refractivity contribution is 0.247. The van der Waals surface area contributed by atoms with Gasteiger partial charge in [0, 0.05) is 5.56 Å². The van der Waals surface area contributed by atoms with Gasteiger partial charge in [0.25, 0.3) is 0 Å². The number of hydrogen-bond acceptors (Lipinski definition) is 4. The Bertz CT molecular complexity index is 868. The van der Waals surface area contributed by atoms with Crippen molar-refractivity contribution in [2.24, 2.45) is 5.10 Å². The second-order valence-electron chi connectivity index (χ2n) is 5.05. The highest BCUT2D eigenvalue weighted by Crippen LogP contribution is 2.20. The second-order valence-corrected chi connectivity index (χ2v) is 5.44. The maximum Gasteiger partial charge on any atom is 0.216 e. The maximum absolute atomic E-state index is 10.8. The highest BCUT2D eigenvalue weighted by atomic mass is 32.1. The van der Waals surface area contributed by atoms with E-state index < -0.39 is 6.10 Å². The molecule has 0 radical (unpaired) electrons. The molecule has 0 saturated carbocycles. The zero-order chi connectivity index (χ0) is 16.2. The van der Waals surface area contributed by atoms with Crippen molar-refractivity contribution >= 4 is 17.9 Å². The second kappa shape index (κ2) is 6.68. The van der Waals surface area contributed by atoms with Crippen molar-refractivity contribution in [1.82, 2.24) is 14.9 Å². The van der Waals surface area contributed by atoms with E-state index >= 15 is 0 Å². The maximum atomic E-state index is 10.8. The molecule has 3 aromatic rings. The van der Waals surface area contributed by atoms with Crippen LogP contribution in [0.25, 0.3) is 0 Å². The van der Waals surface area contributed by atoms with Crippen molar-refractivity contribution in [3.63, 3.8) is 0 Å². The van der Waals surface area contributed by atoms with Crippen LogP contribution < -0.4 is 0 Å². The van der Waals surface area contributed by atoms with Crippen LogP contribution >= 0.6 is 12.2 Å². The first-order valence-electron chi connectivity index (χ1n) is 7.18. The summed E-state index contributed by atoms with van der Waals surface area (Å²) in [5, 5.41) is 22.1. The van der Waals surface area contributed by atoms with Crippen molar-refractivity contribution < 1.29 is 5.11 Å². The van der Waals surface area contributed by atoms with Crippen LogP contribution in [-0.2, 0) is 0 Å². The van der Waals surface area contributed by atoms with E-state index in [0.717, 1.165) is 11.1 Å². The molecule has 0 aliphatic rings. The fourth-order valence-electron chi connectivity index (χ4n) is 2.27. The zero-order valence-electron chi connectivity index (χ0n) is 12.5. The first-order valence-corrected chi connectivity index (χ1v) is 7.59. The van der Waals surface area contributed by atoms with Crippen LogP contribution in [0.3, 0.4) is 0 Å². The lowest BCUT2D eigenvalue weighted by atomic mass is 9.99. The van der Waals surface area contributed by atoms with Gasteiger partial charge in [-0.3, -0.25) is 5.10 Å². The van der Waals surface area contributed by atoms with E-state index in [1.165, 1.54) is 4.68 Å². The topological polar surface area (TPSA) is 66.2 Å². The van der Waals surface area contributed by atoms with Gasteiger partial charge >= 0.3 is 0 Å². The summed E-state index contributed by atoms with van der Waals surface area (Å²) in [4.78, 5) is 0. The molecule has 1 heterocycles. The number of nitrogens with zero attached hydrogens (tertiary/aromatic N) is 3. The smallest absolute Gasteiger partial charge is 0.216 e. The van der Waals surface area contributed by atoms with Gasteiger partial charge in [0.2, 0.25) is 4.77 Å². The van der Waals surface area contributed by atoms with E-state index in [1.54, 1.807) is 6.92 Å². The van der Waals surface area contributed by atoms with Gasteiger partial charge in [0.15, 0.2) is 0 Å². The summed E-state index contributed by atoms with van der Waals surface area (Å²) in [6.07, 6.45) is -0.866. The molecular formula is C17H16N4OS. The molecule has 0 aliphatic heterocycles. The minimum absolute atomic E-state index is 0.385. The van der Waals surface area contributed by atoms with Crippen LogP contribution in [0, 0.1) is 11.7 Å². The predicted octanol–water partition coefficient (Wildman–Crippen LogP) is 3.24. The number of nitrogens with one attached hydrogen (secondary N) is 1. The molecule has 0 saturated heterocycles. The molecule has 3 rings (SSSR count). The van der Waals surface area contributed by atoms with Gasteiger partial charge in [-0.15, -0.1) is 0 Å². The summed E-state index contributed by atoms with van der Waals surface area (Å²) in [6.45, 7) is 1.80. The summed E-state index contributed by atoms with van der Waals surface area (Å²) in [5.74, 6) is 0.628. The van der Waals surface area contributed by atoms with Gasteiger partial charge in [0.1, 0.15) is 17.6 Å². The van der Waals surface area contributed by atoms with Gasteiger partial charge in [-0.2, -0.15) is 14.9 Å². The molecular weight excluding hydrogens is 308 g/mol. The van der Waals surface area contributed by atoms with Crippen LogP contribution in [0.2, 0.25) is 0 Å². The molecule has 0 aliphatic carbocycles. The first-order chi connectivity index (χ1) is 11.2. The SMILES string of the molecule is Cc1n[nH]c(=S)n1/N=C(\c1ccccc1)C(O)c1ccccc1. The Kier molecular flexibility index (Phi) is 4.45. The Hall–Kier alpha value is -2.57. The highest BCUT2D eigenvalue weighted by molar-refractivity contribution is 7.71. The van der Waals surface area contributed by atoms with Crippen LogP contribution in [0.5, 0.6) is 0 Å². The van der Waals surface area contributed by atoms with Crippen molar-refractivity contribution in [3.05, 3.63) is 82.4 Å². The Balaban J connectivity index is 2.14. The largest absolute Gasteiger partial charge is 0.382 e. The minimum atomic E-state index is -0.866. The monoisotopic (exact) mass is 324 g/mol. The van der Waals surface area contributed by atoms with Crippen LogP contribution in [0.15, 0.2) is 65.8 Å². The number of aryl methyl sites for hydroxylation is 1. The van der Waals surface area contributed by atoms with Crippen molar-refractivity contribution in [3.8, 4) is 0 Å². The summed E-state index contributed by atoms with van der Waals surface area (Å²) in [5.41, 5.74) is 2.10. The third kappa shape index (κ3) is 3.28. The minimum Gasteiger partial charge on any atom is -0.382 e. The number of aliphatic hydroxyl groups is 1. The van der Waals surface area contributed by atoms with Crippen molar-refractivity contribution in [2.75, 3.05) is 0 Å². The molecule has 2 N–H and O–H groups in total. The molecule has 0 amide bonds. The lowest BCUT2D eigenvalue weighted by Crippen LogP contribution is -2.16. The van der Waals surface area contributed by atoms with E-state index in [2.05, 4.69) is 15.3 Å². The standard InChI is InChI=1S/C17H16N4OS/c1-12-18-19-17(23)21(12)20-15(13-8-4-2-5-9-13)16(22)14-10-6-3-7-11-14/h2-11,16,22H,1H3,(H,19,23)/b20-15+. The number of aromatic amines is 1. The Labute approximate surface area is 138 Å². The van der Waals surface area contributed by atoms with E-state index in [-0.39, 0.29) is 0 Å². The number of rotatable bonds is 4. The van der Waals surface area contributed by atoms with Gasteiger partial charge in [-0.1, -0.05) is 60.7 Å². The van der Waals surface area contributed by atoms with Crippen LogP contribution in [0.4, 0.5) is 0 Å². The molecule has 1 atom stereocenters. The van der Waals surface area contributed by atoms with Gasteiger partial charge < -0.3 is 5.11 Å². The number of aromatic nitrogens is 3. The number of aliphatic hydroxyl groups excluding tert-OH is 1. The van der Waals surface area contributed by atoms with Crippen molar-refractivity contribution in [1.29, 1.82) is 0 Å². The molecule has 0 bridgehead atoms. The van der Waals surface area contributed by atoms with Crippen LogP contribution in [-0.4, -0.2) is 25.7 Å². The molecule has 116 valence electrons. The molecule has 2 aromatic carbocycles. The Morgan fingerprint density at radius 3 is 2.30 bits per heavy atom. The molecule has 23 heavy (non-hydrogen) atoms. The van der Waals surface area contributed by atoms with E-state index in [4.69, 9.17) is 12.2 Å². The van der Waals surface area contributed by atoms with Gasteiger partial charge in [-0.25, -0.2) is 0 Å². The number of benzene rings is 2. The Morgan fingerprint density at radius 1 is 1.13 bits per heavy atom. The summed E-state index contributed by atoms with van der Waals surface area (Å²) in [7, 11) is 0. The predicted molar refractivity (Wildman–Crippen MR) is 91.9 cm³/mol. The zero-order valence-corrected chi connectivity index (χ0v) is 13.4. The first kappa shape index (κ1) is 15.3. The third-order valence-electron chi connectivity index (χ3n) is 3.46. The fourth-order valence-corrected chi connectivity index (χ4v) is 2.49. The fraction of sp³-hybridized carbons (Fsp3) is 0.118. The molecule has 5 nitrogen and oxygen atoms in total. The average molecular weight is 324 g/mol. The summed E-state index contributed by atoms with van der Waals surface area (Å²) in [6, 6.07) is 19.0. The number of hydrogen-bond donors (Lipinski definition) is 2. The van der Waals surface area contributed by atoms with Gasteiger partial charge in [-0.05, 0) is 24.7 Å². The molecule has 6 heteroatoms. The van der Waals surface area contributed by atoms with E-state index in [0.29, 0.717) is 16.3 Å². The molecule has 1 aromatic heterocycles. The summed E-state index contributed by atoms with van der Waals surface area (Å²) < 4.78 is 1.90. The van der Waals surface area contributed by atoms with Crippen molar-refractivity contribution in [2.45, 2.75) is 13.0 Å². The molecule has 1 unspecified atom stereocenters. The molecule has 0 spiro atoms. The normalized spacial score (nSPS) is 13.0. The molecule has 0 fully saturated rings. The van der Waals surface area contributed by atoms with E-state index in [9.17, 15) is 5.11 Å². The third-order valence-corrected chi connectivity index (χ3v) is 3.73. The van der Waals surface area contributed by atoms with E-state index in [1.807, 2.05) is 60.7 Å².